The highest BCUT2D eigenvalue weighted by molar-refractivity contribution is 7.18. The minimum absolute atomic E-state index is 0.748. The first-order chi connectivity index (χ1) is 10.8. The molecule has 2 aromatic carbocycles. The van der Waals surface area contributed by atoms with Crippen molar-refractivity contribution in [3.8, 4) is 26.8 Å². The van der Waals surface area contributed by atoms with Crippen LogP contribution in [0.5, 0.6) is 5.75 Å². The number of ether oxygens (including phenoxy) is 1. The number of aromatic nitrogens is 1. The van der Waals surface area contributed by atoms with Crippen LogP contribution in [0.2, 0.25) is 0 Å². The minimum Gasteiger partial charge on any atom is -0.494 e. The molecule has 112 valence electrons. The highest BCUT2D eigenvalue weighted by atomic mass is 32.1. The monoisotopic (exact) mass is 310 g/mol. The molecule has 0 fully saturated rings. The number of thiazole rings is 1. The third kappa shape index (κ3) is 3.28. The molecule has 0 aliphatic carbocycles. The highest BCUT2D eigenvalue weighted by Gasteiger charge is 2.07. The Morgan fingerprint density at radius 3 is 2.36 bits per heavy atom. The summed E-state index contributed by atoms with van der Waals surface area (Å²) in [5.41, 5.74) is 8.75. The summed E-state index contributed by atoms with van der Waals surface area (Å²) in [5, 5.41) is 1.01. The fraction of sp³-hybridized carbons (Fsp3) is 0.167. The van der Waals surface area contributed by atoms with E-state index < -0.39 is 0 Å². The lowest BCUT2D eigenvalue weighted by atomic mass is 10.2. The molecule has 1 heterocycles. The van der Waals surface area contributed by atoms with Gasteiger partial charge in [0.15, 0.2) is 0 Å². The van der Waals surface area contributed by atoms with E-state index >= 15 is 0 Å². The van der Waals surface area contributed by atoms with Crippen LogP contribution >= 0.6 is 11.3 Å². The van der Waals surface area contributed by atoms with E-state index in [2.05, 4.69) is 24.0 Å². The Hall–Kier alpha value is -2.33. The smallest absolute Gasteiger partial charge is 0.123 e. The van der Waals surface area contributed by atoms with Gasteiger partial charge in [0.25, 0.3) is 0 Å². The highest BCUT2D eigenvalue weighted by Crippen LogP contribution is 2.32. The fourth-order valence-corrected chi connectivity index (χ4v) is 3.03. The van der Waals surface area contributed by atoms with Gasteiger partial charge < -0.3 is 10.5 Å². The maximum atomic E-state index is 5.73. The predicted molar refractivity (Wildman–Crippen MR) is 93.2 cm³/mol. The molecule has 3 aromatic rings. The van der Waals surface area contributed by atoms with E-state index in [0.717, 1.165) is 45.5 Å². The molecule has 0 aliphatic rings. The lowest BCUT2D eigenvalue weighted by Crippen LogP contribution is -1.94. The van der Waals surface area contributed by atoms with Gasteiger partial charge in [-0.25, -0.2) is 4.98 Å². The van der Waals surface area contributed by atoms with Gasteiger partial charge in [0.2, 0.25) is 0 Å². The number of nitrogens with zero attached hydrogens (tertiary/aromatic N) is 1. The van der Waals surface area contributed by atoms with E-state index in [1.807, 2.05) is 42.6 Å². The van der Waals surface area contributed by atoms with Crippen molar-refractivity contribution >= 4 is 17.0 Å². The molecular weight excluding hydrogens is 292 g/mol. The molecule has 22 heavy (non-hydrogen) atoms. The van der Waals surface area contributed by atoms with Crippen LogP contribution in [-0.2, 0) is 0 Å². The zero-order valence-electron chi connectivity index (χ0n) is 12.5. The summed E-state index contributed by atoms with van der Waals surface area (Å²) in [5.74, 6) is 0.904. The van der Waals surface area contributed by atoms with Gasteiger partial charge in [-0.2, -0.15) is 0 Å². The quantitative estimate of drug-likeness (QED) is 0.685. The van der Waals surface area contributed by atoms with Crippen molar-refractivity contribution in [3.63, 3.8) is 0 Å². The molecule has 0 saturated carbocycles. The van der Waals surface area contributed by atoms with Gasteiger partial charge in [0.1, 0.15) is 10.8 Å². The molecule has 0 amide bonds. The van der Waals surface area contributed by atoms with Gasteiger partial charge >= 0.3 is 0 Å². The molecule has 0 radical (unpaired) electrons. The number of rotatable bonds is 5. The summed E-state index contributed by atoms with van der Waals surface area (Å²) < 4.78 is 5.60. The van der Waals surface area contributed by atoms with Crippen LogP contribution in [0.4, 0.5) is 5.69 Å². The van der Waals surface area contributed by atoms with Crippen LogP contribution in [0.25, 0.3) is 21.0 Å². The van der Waals surface area contributed by atoms with Crippen molar-refractivity contribution in [2.24, 2.45) is 0 Å². The van der Waals surface area contributed by atoms with Gasteiger partial charge in [-0.05, 0) is 48.4 Å². The fourth-order valence-electron chi connectivity index (χ4n) is 2.10. The van der Waals surface area contributed by atoms with E-state index in [1.165, 1.54) is 0 Å². The molecule has 0 saturated heterocycles. The minimum atomic E-state index is 0.748. The predicted octanol–water partition coefficient (Wildman–Crippen LogP) is 4.85. The van der Waals surface area contributed by atoms with Gasteiger partial charge in [-0.1, -0.05) is 19.1 Å². The molecule has 0 atom stereocenters. The normalized spacial score (nSPS) is 10.6. The van der Waals surface area contributed by atoms with Gasteiger partial charge in [-0.3, -0.25) is 0 Å². The van der Waals surface area contributed by atoms with E-state index in [1.54, 1.807) is 11.3 Å². The summed E-state index contributed by atoms with van der Waals surface area (Å²) >= 11 is 1.68. The molecule has 0 bridgehead atoms. The Labute approximate surface area is 134 Å². The number of nitrogen functional groups attached to an aromatic ring is 1. The molecule has 4 heteroatoms. The number of anilines is 1. The largest absolute Gasteiger partial charge is 0.494 e. The Morgan fingerprint density at radius 1 is 1.00 bits per heavy atom. The summed E-state index contributed by atoms with van der Waals surface area (Å²) in [7, 11) is 0. The molecule has 3 nitrogen and oxygen atoms in total. The van der Waals surface area contributed by atoms with E-state index in [0.29, 0.717) is 0 Å². The third-order valence-corrected chi connectivity index (χ3v) is 4.37. The van der Waals surface area contributed by atoms with Crippen LogP contribution < -0.4 is 10.5 Å². The van der Waals surface area contributed by atoms with E-state index in [-0.39, 0.29) is 0 Å². The molecular formula is C18H18N2OS. The summed E-state index contributed by atoms with van der Waals surface area (Å²) in [6, 6.07) is 16.0. The van der Waals surface area contributed by atoms with Crippen molar-refractivity contribution in [1.82, 2.24) is 4.98 Å². The number of hydrogen-bond donors (Lipinski definition) is 1. The van der Waals surface area contributed by atoms with Crippen LogP contribution in [0.15, 0.2) is 54.7 Å². The topological polar surface area (TPSA) is 48.1 Å². The van der Waals surface area contributed by atoms with Crippen molar-refractivity contribution in [3.05, 3.63) is 54.7 Å². The van der Waals surface area contributed by atoms with Crippen LogP contribution in [0.3, 0.4) is 0 Å². The van der Waals surface area contributed by atoms with Gasteiger partial charge in [0, 0.05) is 17.4 Å². The standard InChI is InChI=1S/C18H18N2OS/c1-2-11-21-16-9-5-14(6-10-16)18-20-12-17(22-18)13-3-7-15(19)8-4-13/h3-10,12H,2,11,19H2,1H3. The lowest BCUT2D eigenvalue weighted by molar-refractivity contribution is 0.317. The molecule has 1 aromatic heterocycles. The first-order valence-electron chi connectivity index (χ1n) is 7.31. The third-order valence-electron chi connectivity index (χ3n) is 3.28. The summed E-state index contributed by atoms with van der Waals surface area (Å²) in [6.45, 7) is 2.85. The van der Waals surface area contributed by atoms with Gasteiger partial charge in [-0.15, -0.1) is 11.3 Å². The molecule has 0 unspecified atom stereocenters. The van der Waals surface area contributed by atoms with E-state index in [4.69, 9.17) is 10.5 Å². The molecule has 0 spiro atoms. The zero-order valence-corrected chi connectivity index (χ0v) is 13.3. The number of benzene rings is 2. The summed E-state index contributed by atoms with van der Waals surface area (Å²) in [4.78, 5) is 5.66. The van der Waals surface area contributed by atoms with Crippen LogP contribution in [0.1, 0.15) is 13.3 Å². The first-order valence-corrected chi connectivity index (χ1v) is 8.13. The number of nitrogens with two attached hydrogens (primary N) is 1. The Morgan fingerprint density at radius 2 is 1.68 bits per heavy atom. The molecule has 3 rings (SSSR count). The average molecular weight is 310 g/mol. The number of hydrogen-bond acceptors (Lipinski definition) is 4. The maximum Gasteiger partial charge on any atom is 0.123 e. The van der Waals surface area contributed by atoms with Gasteiger partial charge in [0.05, 0.1) is 11.5 Å². The molecule has 0 aliphatic heterocycles. The SMILES string of the molecule is CCCOc1ccc(-c2ncc(-c3ccc(N)cc3)s2)cc1. The van der Waals surface area contributed by atoms with Crippen LogP contribution in [0, 0.1) is 0 Å². The zero-order chi connectivity index (χ0) is 15.4. The first kappa shape index (κ1) is 14.6. The van der Waals surface area contributed by atoms with Crippen molar-refractivity contribution in [2.75, 3.05) is 12.3 Å². The van der Waals surface area contributed by atoms with Crippen molar-refractivity contribution < 1.29 is 4.74 Å². The second-order valence-electron chi connectivity index (χ2n) is 5.02. The average Bonchev–Trinajstić information content (AvgIpc) is 3.04. The van der Waals surface area contributed by atoms with Crippen molar-refractivity contribution in [1.29, 1.82) is 0 Å². The summed E-state index contributed by atoms with van der Waals surface area (Å²) in [6.07, 6.45) is 2.92. The second kappa shape index (κ2) is 6.62. The Bertz CT molecular complexity index is 733. The van der Waals surface area contributed by atoms with E-state index in [9.17, 15) is 0 Å². The molecule has 2 N–H and O–H groups in total. The van der Waals surface area contributed by atoms with Crippen LogP contribution in [-0.4, -0.2) is 11.6 Å². The van der Waals surface area contributed by atoms with Crippen molar-refractivity contribution in [2.45, 2.75) is 13.3 Å². The Kier molecular flexibility index (Phi) is 4.39. The second-order valence-corrected chi connectivity index (χ2v) is 6.06. The Balaban J connectivity index is 1.79. The lowest BCUT2D eigenvalue weighted by Gasteiger charge is -2.04. The maximum absolute atomic E-state index is 5.73.